The van der Waals surface area contributed by atoms with Crippen LogP contribution in [0.1, 0.15) is 77.8 Å². The van der Waals surface area contributed by atoms with Gasteiger partial charge in [-0.05, 0) is 56.8 Å². The standard InChI is InChI=1S/C33H44N8O3Si/c1-23(2)40-30(26-18-35-38(21-26)28(24-13-9-8-10-14-24)22-44-45(6,7)33(3,4)5)37-41-27(19-34-31(41)32(40)42)25-17-36-39(20-25)29-15-11-12-16-43-29/h8-10,13-14,17-21,23,28-29H,11-12,15-16,22H2,1-7H3. The summed E-state index contributed by atoms with van der Waals surface area (Å²) in [5, 5.41) is 14.5. The number of rotatable bonds is 9. The third-order valence-electron chi connectivity index (χ3n) is 9.21. The lowest BCUT2D eigenvalue weighted by molar-refractivity contribution is -0.0394. The second kappa shape index (κ2) is 12.1. The van der Waals surface area contributed by atoms with Crippen LogP contribution in [0.15, 0.2) is 66.1 Å². The SMILES string of the molecule is CC(C)n1c(-c2cnn(C(CO[Si](C)(C)C(C)(C)C)c3ccccc3)c2)nn2c(-c3cnn(C4CCCCO4)c3)cnc2c1=O. The Morgan fingerprint density at radius 2 is 1.78 bits per heavy atom. The largest absolute Gasteiger partial charge is 0.414 e. The van der Waals surface area contributed by atoms with Gasteiger partial charge in [-0.1, -0.05) is 51.1 Å². The van der Waals surface area contributed by atoms with Gasteiger partial charge in [0, 0.05) is 30.6 Å². The van der Waals surface area contributed by atoms with E-state index in [-0.39, 0.29) is 34.6 Å². The molecule has 12 heteroatoms. The van der Waals surface area contributed by atoms with Crippen LogP contribution in [0.4, 0.5) is 0 Å². The highest BCUT2D eigenvalue weighted by molar-refractivity contribution is 6.74. The first-order valence-electron chi connectivity index (χ1n) is 15.8. The van der Waals surface area contributed by atoms with E-state index in [0.29, 0.717) is 18.1 Å². The fourth-order valence-electron chi connectivity index (χ4n) is 5.50. The van der Waals surface area contributed by atoms with Gasteiger partial charge < -0.3 is 9.16 Å². The maximum atomic E-state index is 13.9. The van der Waals surface area contributed by atoms with Crippen LogP contribution < -0.4 is 5.56 Å². The number of hydrogen-bond acceptors (Lipinski definition) is 7. The number of benzene rings is 1. The summed E-state index contributed by atoms with van der Waals surface area (Å²) in [7, 11) is -2.02. The minimum Gasteiger partial charge on any atom is -0.414 e. The highest BCUT2D eigenvalue weighted by Gasteiger charge is 2.38. The number of hydrogen-bond donors (Lipinski definition) is 0. The first kappa shape index (κ1) is 31.1. The number of nitrogens with zero attached hydrogens (tertiary/aromatic N) is 8. The van der Waals surface area contributed by atoms with Crippen LogP contribution in [0.25, 0.3) is 28.3 Å². The summed E-state index contributed by atoms with van der Waals surface area (Å²) < 4.78 is 19.7. The molecule has 1 aromatic carbocycles. The van der Waals surface area contributed by atoms with Crippen molar-refractivity contribution in [3.8, 4) is 22.6 Å². The van der Waals surface area contributed by atoms with E-state index in [2.05, 4.69) is 56.1 Å². The monoisotopic (exact) mass is 628 g/mol. The van der Waals surface area contributed by atoms with Crippen molar-refractivity contribution in [3.63, 3.8) is 0 Å². The molecule has 2 atom stereocenters. The average Bonchev–Trinajstić information content (AvgIpc) is 3.77. The number of aromatic nitrogens is 8. The summed E-state index contributed by atoms with van der Waals surface area (Å²) in [6.45, 7) is 16.4. The van der Waals surface area contributed by atoms with Crippen LogP contribution >= 0.6 is 0 Å². The van der Waals surface area contributed by atoms with E-state index in [1.165, 1.54) is 0 Å². The van der Waals surface area contributed by atoms with Crippen LogP contribution in [-0.4, -0.2) is 60.3 Å². The molecule has 0 radical (unpaired) electrons. The molecule has 1 aliphatic rings. The molecule has 5 heterocycles. The molecule has 2 unspecified atom stereocenters. The van der Waals surface area contributed by atoms with Crippen molar-refractivity contribution in [2.45, 2.75) is 90.3 Å². The molecule has 1 aliphatic heterocycles. The zero-order valence-corrected chi connectivity index (χ0v) is 28.3. The third-order valence-corrected chi connectivity index (χ3v) is 13.7. The van der Waals surface area contributed by atoms with Crippen LogP contribution in [-0.2, 0) is 9.16 Å². The highest BCUT2D eigenvalue weighted by Crippen LogP contribution is 2.37. The molecule has 6 rings (SSSR count). The summed E-state index contributed by atoms with van der Waals surface area (Å²) >= 11 is 0. The van der Waals surface area contributed by atoms with Crippen molar-refractivity contribution < 1.29 is 9.16 Å². The second-order valence-electron chi connectivity index (χ2n) is 13.7. The molecule has 0 spiro atoms. The van der Waals surface area contributed by atoms with Crippen molar-refractivity contribution >= 4 is 14.0 Å². The van der Waals surface area contributed by atoms with Gasteiger partial charge in [0.2, 0.25) is 5.65 Å². The lowest BCUT2D eigenvalue weighted by Gasteiger charge is -2.37. The Hall–Kier alpha value is -3.87. The molecule has 0 saturated carbocycles. The number of imidazole rings is 1. The number of ether oxygens (including phenoxy) is 1. The minimum absolute atomic E-state index is 0.0820. The van der Waals surface area contributed by atoms with E-state index < -0.39 is 8.32 Å². The summed E-state index contributed by atoms with van der Waals surface area (Å²) in [6, 6.07) is 10.00. The van der Waals surface area contributed by atoms with E-state index in [9.17, 15) is 4.79 Å². The molecule has 45 heavy (non-hydrogen) atoms. The number of fused-ring (bicyclic) bond motifs is 1. The smallest absolute Gasteiger partial charge is 0.297 e. The highest BCUT2D eigenvalue weighted by atomic mass is 28.4. The lowest BCUT2D eigenvalue weighted by atomic mass is 10.1. The van der Waals surface area contributed by atoms with Gasteiger partial charge in [0.15, 0.2) is 14.1 Å². The summed E-state index contributed by atoms with van der Waals surface area (Å²) in [5.74, 6) is 0.521. The molecule has 1 fully saturated rings. The van der Waals surface area contributed by atoms with E-state index >= 15 is 0 Å². The fourth-order valence-corrected chi connectivity index (χ4v) is 6.51. The second-order valence-corrected chi connectivity index (χ2v) is 18.5. The molecule has 0 N–H and O–H groups in total. The van der Waals surface area contributed by atoms with Gasteiger partial charge in [-0.3, -0.25) is 14.0 Å². The van der Waals surface area contributed by atoms with E-state index in [0.717, 1.165) is 42.6 Å². The molecule has 11 nitrogen and oxygen atoms in total. The minimum atomic E-state index is -2.02. The summed E-state index contributed by atoms with van der Waals surface area (Å²) in [4.78, 5) is 18.4. The van der Waals surface area contributed by atoms with Crippen LogP contribution in [0, 0.1) is 0 Å². The molecular weight excluding hydrogens is 585 g/mol. The molecule has 4 aromatic heterocycles. The fraction of sp³-hybridized carbons (Fsp3) is 0.485. The van der Waals surface area contributed by atoms with Gasteiger partial charge >= 0.3 is 0 Å². The molecule has 1 saturated heterocycles. The van der Waals surface area contributed by atoms with Crippen molar-refractivity contribution in [2.75, 3.05) is 13.2 Å². The summed E-state index contributed by atoms with van der Waals surface area (Å²) in [5.41, 5.74) is 3.41. The Morgan fingerprint density at radius 3 is 2.47 bits per heavy atom. The maximum absolute atomic E-state index is 13.9. The van der Waals surface area contributed by atoms with Gasteiger partial charge in [-0.25, -0.2) is 14.2 Å². The van der Waals surface area contributed by atoms with Crippen LogP contribution in [0.5, 0.6) is 0 Å². The topological polar surface area (TPSA) is 106 Å². The molecule has 238 valence electrons. The van der Waals surface area contributed by atoms with Crippen LogP contribution in [0.3, 0.4) is 0 Å². The van der Waals surface area contributed by atoms with E-state index in [4.69, 9.17) is 19.4 Å². The zero-order valence-electron chi connectivity index (χ0n) is 27.3. The Labute approximate surface area is 264 Å². The Balaban J connectivity index is 1.40. The van der Waals surface area contributed by atoms with Crippen molar-refractivity contribution in [1.29, 1.82) is 0 Å². The average molecular weight is 629 g/mol. The predicted octanol–water partition coefficient (Wildman–Crippen LogP) is 6.51. The molecular formula is C33H44N8O3Si. The Morgan fingerprint density at radius 1 is 1.02 bits per heavy atom. The zero-order chi connectivity index (χ0) is 31.9. The molecule has 5 aromatic rings. The van der Waals surface area contributed by atoms with E-state index in [1.54, 1.807) is 27.7 Å². The first-order valence-corrected chi connectivity index (χ1v) is 18.8. The van der Waals surface area contributed by atoms with Gasteiger partial charge in [-0.15, -0.1) is 5.10 Å². The first-order chi connectivity index (χ1) is 21.4. The molecule has 0 aliphatic carbocycles. The molecule has 0 amide bonds. The normalized spacial score (nSPS) is 16.9. The predicted molar refractivity (Wildman–Crippen MR) is 177 cm³/mol. The van der Waals surface area contributed by atoms with Gasteiger partial charge in [0.05, 0.1) is 42.5 Å². The molecule has 0 bridgehead atoms. The van der Waals surface area contributed by atoms with E-state index in [1.807, 2.05) is 53.8 Å². The van der Waals surface area contributed by atoms with Gasteiger partial charge in [-0.2, -0.15) is 10.2 Å². The quantitative estimate of drug-likeness (QED) is 0.171. The third kappa shape index (κ3) is 6.06. The van der Waals surface area contributed by atoms with Gasteiger partial charge in [0.25, 0.3) is 5.56 Å². The Kier molecular flexibility index (Phi) is 8.40. The maximum Gasteiger partial charge on any atom is 0.297 e. The van der Waals surface area contributed by atoms with Crippen molar-refractivity contribution in [3.05, 3.63) is 77.2 Å². The van der Waals surface area contributed by atoms with Gasteiger partial charge in [0.1, 0.15) is 6.23 Å². The summed E-state index contributed by atoms with van der Waals surface area (Å²) in [6.07, 6.45) is 12.2. The van der Waals surface area contributed by atoms with Crippen molar-refractivity contribution in [2.24, 2.45) is 0 Å². The van der Waals surface area contributed by atoms with Crippen LogP contribution in [0.2, 0.25) is 18.1 Å². The lowest BCUT2D eigenvalue weighted by Crippen LogP contribution is -2.42. The Bertz CT molecular complexity index is 1820. The van der Waals surface area contributed by atoms with Crippen molar-refractivity contribution in [1.82, 2.24) is 38.7 Å².